The molecule has 11 N–H and O–H groups in total. The Morgan fingerprint density at radius 2 is 1.08 bits per heavy atom. The molecule has 18 nitrogen and oxygen atoms in total. The molecular formula is C18H28O18. The number of carboxylic acid groups (broad SMARTS) is 2. The van der Waals surface area contributed by atoms with Gasteiger partial charge in [0.1, 0.15) is 61.0 Å². The molecule has 0 radical (unpaired) electrons. The normalized spacial score (nSPS) is 50.0. The quantitative estimate of drug-likeness (QED) is 0.145. The molecule has 3 fully saturated rings. The second-order valence-electron chi connectivity index (χ2n) is 8.41. The van der Waals surface area contributed by atoms with Gasteiger partial charge in [0.25, 0.3) is 0 Å². The van der Waals surface area contributed by atoms with Gasteiger partial charge < -0.3 is 79.9 Å². The summed E-state index contributed by atoms with van der Waals surface area (Å²) in [5, 5.41) is 109. The van der Waals surface area contributed by atoms with Crippen LogP contribution >= 0.6 is 0 Å². The average molecular weight is 532 g/mol. The van der Waals surface area contributed by atoms with Crippen molar-refractivity contribution >= 4 is 11.9 Å². The largest absolute Gasteiger partial charge is 0.479 e. The predicted molar refractivity (Wildman–Crippen MR) is 102 cm³/mol. The number of aliphatic hydroxyl groups is 9. The number of hydrogen-bond donors (Lipinski definition) is 11. The summed E-state index contributed by atoms with van der Waals surface area (Å²) in [5.41, 5.74) is 0. The number of carboxylic acids is 2. The van der Waals surface area contributed by atoms with Crippen LogP contribution in [-0.2, 0) is 33.3 Å². The van der Waals surface area contributed by atoms with Crippen LogP contribution in [0.15, 0.2) is 0 Å². The van der Waals surface area contributed by atoms with E-state index < -0.39 is 111 Å². The first-order chi connectivity index (χ1) is 16.8. The fourth-order valence-corrected chi connectivity index (χ4v) is 3.99. The van der Waals surface area contributed by atoms with Gasteiger partial charge >= 0.3 is 11.9 Å². The smallest absolute Gasteiger partial charge is 0.335 e. The van der Waals surface area contributed by atoms with Crippen LogP contribution < -0.4 is 0 Å². The Morgan fingerprint density at radius 3 is 1.64 bits per heavy atom. The van der Waals surface area contributed by atoms with E-state index in [2.05, 4.69) is 4.74 Å². The van der Waals surface area contributed by atoms with Crippen molar-refractivity contribution in [3.63, 3.8) is 0 Å². The van der Waals surface area contributed by atoms with Crippen LogP contribution in [0.5, 0.6) is 0 Å². The van der Waals surface area contributed by atoms with E-state index in [-0.39, 0.29) is 0 Å². The third-order valence-corrected chi connectivity index (χ3v) is 6.03. The van der Waals surface area contributed by atoms with Gasteiger partial charge in [-0.2, -0.15) is 0 Å². The van der Waals surface area contributed by atoms with E-state index in [1.807, 2.05) is 0 Å². The van der Waals surface area contributed by atoms with Crippen molar-refractivity contribution in [1.82, 2.24) is 0 Å². The molecule has 3 rings (SSSR count). The molecule has 3 aliphatic heterocycles. The zero-order valence-electron chi connectivity index (χ0n) is 18.1. The van der Waals surface area contributed by atoms with Crippen LogP contribution in [0.25, 0.3) is 0 Å². The van der Waals surface area contributed by atoms with Gasteiger partial charge in [-0.15, -0.1) is 0 Å². The van der Waals surface area contributed by atoms with Crippen LogP contribution in [0.4, 0.5) is 0 Å². The second kappa shape index (κ2) is 11.4. The van der Waals surface area contributed by atoms with Crippen LogP contribution in [0.2, 0.25) is 0 Å². The maximum atomic E-state index is 11.8. The van der Waals surface area contributed by atoms with Crippen molar-refractivity contribution < 1.29 is 89.4 Å². The molecule has 0 aromatic heterocycles. The Morgan fingerprint density at radius 1 is 0.583 bits per heavy atom. The Kier molecular flexibility index (Phi) is 9.17. The standard InChI is InChI=1S/C18H28O18/c19-1-2-3(20)4(21)8(25)17(32-2)34-10-7(24)9(26)18(36-13(10)15(29)30)35-12-6(23)5(22)11(14(27)28)33-16(12)31/h2-13,16-26,31H,1H2,(H,27,28)(H,29,30)/t2-,3-,4+,5+,6+,7-,8-,9-,10+,11+,12-,13+,16-,17-,18-/m1/s1. The maximum Gasteiger partial charge on any atom is 0.335 e. The summed E-state index contributed by atoms with van der Waals surface area (Å²) in [6.45, 7) is -0.835. The summed E-state index contributed by atoms with van der Waals surface area (Å²) in [5.74, 6) is -3.52. The highest BCUT2D eigenvalue weighted by molar-refractivity contribution is 5.74. The van der Waals surface area contributed by atoms with Crippen LogP contribution in [0.3, 0.4) is 0 Å². The molecule has 15 atom stereocenters. The van der Waals surface area contributed by atoms with Crippen molar-refractivity contribution in [3.8, 4) is 0 Å². The lowest BCUT2D eigenvalue weighted by Gasteiger charge is -2.46. The molecule has 18 heteroatoms. The Hall–Kier alpha value is -1.62. The zero-order valence-corrected chi connectivity index (χ0v) is 18.1. The van der Waals surface area contributed by atoms with E-state index in [1.165, 1.54) is 0 Å². The fourth-order valence-electron chi connectivity index (χ4n) is 3.99. The van der Waals surface area contributed by atoms with Crippen LogP contribution in [0.1, 0.15) is 0 Å². The molecular weight excluding hydrogens is 504 g/mol. The van der Waals surface area contributed by atoms with Gasteiger partial charge in [-0.3, -0.25) is 0 Å². The highest BCUT2D eigenvalue weighted by Gasteiger charge is 2.55. The third-order valence-electron chi connectivity index (χ3n) is 6.03. The summed E-state index contributed by atoms with van der Waals surface area (Å²) in [7, 11) is 0. The SMILES string of the molecule is O=C(O)[C@H]1O[C@@H](O)[C@H](O[C@@H]2O[C@H](C(=O)O)[C@@H](O[C@H]3O[C@H](CO)[C@@H](O)[C@H](O)[C@H]3O)[C@H](O)[C@H]2O)[C@@H](O)[C@@H]1O. The molecule has 0 spiro atoms. The van der Waals surface area contributed by atoms with E-state index in [0.29, 0.717) is 0 Å². The molecule has 36 heavy (non-hydrogen) atoms. The first kappa shape index (κ1) is 28.9. The number of hydrogen-bond acceptors (Lipinski definition) is 16. The van der Waals surface area contributed by atoms with Gasteiger partial charge in [-0.25, -0.2) is 9.59 Å². The first-order valence-electron chi connectivity index (χ1n) is 10.6. The van der Waals surface area contributed by atoms with Crippen molar-refractivity contribution in [2.45, 2.75) is 92.1 Å². The topological polar surface area (TPSA) is 303 Å². The number of aliphatic hydroxyl groups excluding tert-OH is 9. The van der Waals surface area contributed by atoms with Gasteiger partial charge in [-0.05, 0) is 0 Å². The Balaban J connectivity index is 1.75. The predicted octanol–water partition coefficient (Wildman–Crippen LogP) is -7.39. The van der Waals surface area contributed by atoms with Crippen LogP contribution in [0, 0.1) is 0 Å². The van der Waals surface area contributed by atoms with E-state index in [9.17, 15) is 60.7 Å². The van der Waals surface area contributed by atoms with Gasteiger partial charge in [-0.1, -0.05) is 0 Å². The Bertz CT molecular complexity index is 779. The maximum absolute atomic E-state index is 11.8. The lowest BCUT2D eigenvalue weighted by atomic mass is 9.96. The number of aliphatic carboxylic acids is 2. The van der Waals surface area contributed by atoms with E-state index in [0.717, 1.165) is 0 Å². The molecule has 3 saturated heterocycles. The summed E-state index contributed by atoms with van der Waals surface area (Å²) in [6.07, 6.45) is -30.0. The fraction of sp³-hybridized carbons (Fsp3) is 0.889. The monoisotopic (exact) mass is 532 g/mol. The number of rotatable bonds is 7. The third kappa shape index (κ3) is 5.47. The van der Waals surface area contributed by atoms with Crippen LogP contribution in [-0.4, -0.2) is 167 Å². The van der Waals surface area contributed by atoms with E-state index in [1.54, 1.807) is 0 Å². The minimum absolute atomic E-state index is 0.835. The molecule has 0 aromatic carbocycles. The molecule has 0 saturated carbocycles. The van der Waals surface area contributed by atoms with E-state index >= 15 is 0 Å². The Labute approximate surface area is 201 Å². The highest BCUT2D eigenvalue weighted by Crippen LogP contribution is 2.32. The molecule has 0 aromatic rings. The van der Waals surface area contributed by atoms with Crippen molar-refractivity contribution in [1.29, 1.82) is 0 Å². The lowest BCUT2D eigenvalue weighted by Crippen LogP contribution is -2.67. The van der Waals surface area contributed by atoms with Gasteiger partial charge in [0.05, 0.1) is 6.61 Å². The number of carbonyl (C=O) groups is 2. The lowest BCUT2D eigenvalue weighted by molar-refractivity contribution is -0.375. The molecule has 0 bridgehead atoms. The summed E-state index contributed by atoms with van der Waals surface area (Å²) >= 11 is 0. The minimum Gasteiger partial charge on any atom is -0.479 e. The van der Waals surface area contributed by atoms with Crippen molar-refractivity contribution in [2.24, 2.45) is 0 Å². The number of ether oxygens (including phenoxy) is 5. The van der Waals surface area contributed by atoms with E-state index in [4.69, 9.17) is 24.1 Å². The second-order valence-corrected chi connectivity index (χ2v) is 8.41. The van der Waals surface area contributed by atoms with Gasteiger partial charge in [0, 0.05) is 0 Å². The first-order valence-corrected chi connectivity index (χ1v) is 10.6. The average Bonchev–Trinajstić information content (AvgIpc) is 2.82. The molecule has 0 aliphatic carbocycles. The molecule has 3 aliphatic rings. The molecule has 208 valence electrons. The molecule has 0 amide bonds. The van der Waals surface area contributed by atoms with Gasteiger partial charge in [0.15, 0.2) is 31.1 Å². The summed E-state index contributed by atoms with van der Waals surface area (Å²) < 4.78 is 25.2. The molecule has 0 unspecified atom stereocenters. The highest BCUT2D eigenvalue weighted by atomic mass is 16.8. The van der Waals surface area contributed by atoms with Crippen molar-refractivity contribution in [2.75, 3.05) is 6.61 Å². The molecule has 3 heterocycles. The summed E-state index contributed by atoms with van der Waals surface area (Å²) in [4.78, 5) is 22.9. The minimum atomic E-state index is -2.19. The van der Waals surface area contributed by atoms with Crippen molar-refractivity contribution in [3.05, 3.63) is 0 Å². The summed E-state index contributed by atoms with van der Waals surface area (Å²) in [6, 6.07) is 0. The van der Waals surface area contributed by atoms with Gasteiger partial charge in [0.2, 0.25) is 0 Å². The zero-order chi connectivity index (χ0) is 27.1.